The van der Waals surface area contributed by atoms with Gasteiger partial charge in [0, 0.05) is 21.6 Å². The lowest BCUT2D eigenvalue weighted by Crippen LogP contribution is -2.43. The first-order valence-corrected chi connectivity index (χ1v) is 7.43. The fourth-order valence-electron chi connectivity index (χ4n) is 2.07. The van der Waals surface area contributed by atoms with Crippen LogP contribution in [0.15, 0.2) is 22.7 Å². The largest absolute Gasteiger partial charge is 0.307 e. The Labute approximate surface area is 118 Å². The minimum Gasteiger partial charge on any atom is -0.307 e. The van der Waals surface area contributed by atoms with Crippen molar-refractivity contribution in [3.8, 4) is 0 Å². The van der Waals surface area contributed by atoms with Gasteiger partial charge in [0.25, 0.3) is 0 Å². The molecule has 1 nitrogen and oxygen atoms in total. The third kappa shape index (κ3) is 3.97. The van der Waals surface area contributed by atoms with Crippen LogP contribution in [0.25, 0.3) is 0 Å². The van der Waals surface area contributed by atoms with Crippen LogP contribution in [0.1, 0.15) is 45.6 Å². The quantitative estimate of drug-likeness (QED) is 0.764. The van der Waals surface area contributed by atoms with Crippen molar-refractivity contribution in [2.24, 2.45) is 0 Å². The smallest absolute Gasteiger partial charge is 0.0462 e. The molecule has 0 aromatic heterocycles. The molecule has 0 aliphatic rings. The van der Waals surface area contributed by atoms with Crippen LogP contribution in [0.5, 0.6) is 0 Å². The van der Waals surface area contributed by atoms with Crippen molar-refractivity contribution in [2.75, 3.05) is 0 Å². The number of benzene rings is 1. The van der Waals surface area contributed by atoms with Crippen molar-refractivity contribution >= 4 is 27.5 Å². The van der Waals surface area contributed by atoms with Gasteiger partial charge in [0.1, 0.15) is 0 Å². The van der Waals surface area contributed by atoms with Gasteiger partial charge in [-0.05, 0) is 37.0 Å². The molecule has 0 saturated carbocycles. The molecule has 0 radical (unpaired) electrons. The number of nitrogens with one attached hydrogen (secondary N) is 1. The van der Waals surface area contributed by atoms with Crippen LogP contribution in [-0.4, -0.2) is 5.54 Å². The van der Waals surface area contributed by atoms with E-state index >= 15 is 0 Å². The van der Waals surface area contributed by atoms with Gasteiger partial charge in [0.05, 0.1) is 0 Å². The van der Waals surface area contributed by atoms with Crippen LogP contribution in [-0.2, 0) is 6.54 Å². The summed E-state index contributed by atoms with van der Waals surface area (Å²) in [5.41, 5.74) is 1.41. The van der Waals surface area contributed by atoms with E-state index in [4.69, 9.17) is 11.6 Å². The molecule has 0 aliphatic heterocycles. The van der Waals surface area contributed by atoms with E-state index in [-0.39, 0.29) is 5.54 Å². The van der Waals surface area contributed by atoms with E-state index in [1.165, 1.54) is 0 Å². The lowest BCUT2D eigenvalue weighted by molar-refractivity contribution is 0.288. The number of rotatable bonds is 6. The van der Waals surface area contributed by atoms with Gasteiger partial charge in [-0.25, -0.2) is 0 Å². The fraction of sp³-hybridized carbons (Fsp3) is 0.571. The van der Waals surface area contributed by atoms with Gasteiger partial charge in [-0.2, -0.15) is 0 Å². The summed E-state index contributed by atoms with van der Waals surface area (Å²) in [5, 5.41) is 4.48. The van der Waals surface area contributed by atoms with E-state index in [1.807, 2.05) is 12.1 Å². The Bertz CT molecular complexity index is 353. The summed E-state index contributed by atoms with van der Waals surface area (Å²) in [4.78, 5) is 0. The van der Waals surface area contributed by atoms with E-state index in [2.05, 4.69) is 48.1 Å². The van der Waals surface area contributed by atoms with Gasteiger partial charge in [0.2, 0.25) is 0 Å². The lowest BCUT2D eigenvalue weighted by Gasteiger charge is -2.32. The van der Waals surface area contributed by atoms with Crippen LogP contribution in [0.4, 0.5) is 0 Å². The van der Waals surface area contributed by atoms with E-state index < -0.39 is 0 Å². The number of hydrogen-bond acceptors (Lipinski definition) is 1. The van der Waals surface area contributed by atoms with Gasteiger partial charge in [0.15, 0.2) is 0 Å². The predicted octanol–water partition coefficient (Wildman–Crippen LogP) is 5.16. The SMILES string of the molecule is CCC(CC)(CC)NCc1ccc(Br)cc1Cl. The van der Waals surface area contributed by atoms with Crippen molar-refractivity contribution in [2.45, 2.75) is 52.1 Å². The molecule has 0 spiro atoms. The van der Waals surface area contributed by atoms with Crippen LogP contribution in [0.2, 0.25) is 5.02 Å². The molecule has 1 aromatic rings. The molecule has 0 amide bonds. The molecule has 0 fully saturated rings. The Balaban J connectivity index is 2.72. The van der Waals surface area contributed by atoms with Crippen molar-refractivity contribution in [3.05, 3.63) is 33.3 Å². The van der Waals surface area contributed by atoms with Crippen LogP contribution < -0.4 is 5.32 Å². The molecule has 0 saturated heterocycles. The molecule has 1 rings (SSSR count). The Morgan fingerprint density at radius 3 is 2.24 bits per heavy atom. The highest BCUT2D eigenvalue weighted by molar-refractivity contribution is 9.10. The van der Waals surface area contributed by atoms with E-state index in [1.54, 1.807) is 0 Å². The summed E-state index contributed by atoms with van der Waals surface area (Å²) in [7, 11) is 0. The molecule has 0 aliphatic carbocycles. The van der Waals surface area contributed by atoms with Gasteiger partial charge in [-0.15, -0.1) is 0 Å². The first kappa shape index (κ1) is 15.0. The Morgan fingerprint density at radius 1 is 1.18 bits per heavy atom. The van der Waals surface area contributed by atoms with Gasteiger partial charge < -0.3 is 5.32 Å². The molecule has 17 heavy (non-hydrogen) atoms. The Kier molecular flexibility index (Phi) is 5.98. The highest BCUT2D eigenvalue weighted by Gasteiger charge is 2.22. The third-order valence-corrected chi connectivity index (χ3v) is 4.54. The summed E-state index contributed by atoms with van der Waals surface area (Å²) in [6.45, 7) is 7.55. The zero-order valence-corrected chi connectivity index (χ0v) is 13.2. The zero-order chi connectivity index (χ0) is 12.9. The van der Waals surface area contributed by atoms with Crippen molar-refractivity contribution in [3.63, 3.8) is 0 Å². The average Bonchev–Trinajstić information content (AvgIpc) is 2.33. The second-order valence-corrected chi connectivity index (χ2v) is 5.75. The van der Waals surface area contributed by atoms with Crippen molar-refractivity contribution in [1.29, 1.82) is 0 Å². The minimum atomic E-state index is 0.246. The van der Waals surface area contributed by atoms with Gasteiger partial charge in [-0.1, -0.05) is 54.4 Å². The number of hydrogen-bond donors (Lipinski definition) is 1. The Hall–Kier alpha value is -0.0500. The molecular weight excluding hydrogens is 298 g/mol. The molecule has 0 atom stereocenters. The maximum atomic E-state index is 6.22. The molecule has 0 bridgehead atoms. The monoisotopic (exact) mass is 317 g/mol. The second-order valence-electron chi connectivity index (χ2n) is 4.43. The van der Waals surface area contributed by atoms with Crippen molar-refractivity contribution in [1.82, 2.24) is 5.32 Å². The minimum absolute atomic E-state index is 0.246. The molecule has 1 N–H and O–H groups in total. The first-order chi connectivity index (χ1) is 8.06. The zero-order valence-electron chi connectivity index (χ0n) is 10.8. The topological polar surface area (TPSA) is 12.0 Å². The maximum Gasteiger partial charge on any atom is 0.0462 e. The second kappa shape index (κ2) is 6.77. The summed E-state index contributed by atoms with van der Waals surface area (Å²) in [6, 6.07) is 6.06. The highest BCUT2D eigenvalue weighted by atomic mass is 79.9. The maximum absolute atomic E-state index is 6.22. The van der Waals surface area contributed by atoms with E-state index in [0.717, 1.165) is 40.9 Å². The standard InChI is InChI=1S/C14H21BrClN/c1-4-14(5-2,6-3)17-10-11-7-8-12(15)9-13(11)16/h7-9,17H,4-6,10H2,1-3H3. The van der Waals surface area contributed by atoms with E-state index in [0.29, 0.717) is 0 Å². The summed E-state index contributed by atoms with van der Waals surface area (Å²) >= 11 is 9.64. The molecule has 0 unspecified atom stereocenters. The summed E-state index contributed by atoms with van der Waals surface area (Å²) < 4.78 is 1.03. The lowest BCUT2D eigenvalue weighted by atomic mass is 9.89. The average molecular weight is 319 g/mol. The normalized spacial score (nSPS) is 11.8. The molecule has 1 aromatic carbocycles. The van der Waals surface area contributed by atoms with Gasteiger partial charge >= 0.3 is 0 Å². The summed E-state index contributed by atoms with van der Waals surface area (Å²) in [5.74, 6) is 0. The molecular formula is C14H21BrClN. The fourth-order valence-corrected chi connectivity index (χ4v) is 2.81. The molecule has 96 valence electrons. The molecule has 0 heterocycles. The summed E-state index contributed by atoms with van der Waals surface area (Å²) in [6.07, 6.45) is 3.44. The first-order valence-electron chi connectivity index (χ1n) is 6.26. The highest BCUT2D eigenvalue weighted by Crippen LogP contribution is 2.24. The van der Waals surface area contributed by atoms with Gasteiger partial charge in [-0.3, -0.25) is 0 Å². The number of halogens is 2. The molecule has 3 heteroatoms. The van der Waals surface area contributed by atoms with Crippen molar-refractivity contribution < 1.29 is 0 Å². The van der Waals surface area contributed by atoms with Crippen LogP contribution >= 0.6 is 27.5 Å². The Morgan fingerprint density at radius 2 is 1.76 bits per heavy atom. The van der Waals surface area contributed by atoms with Crippen LogP contribution in [0, 0.1) is 0 Å². The predicted molar refractivity (Wildman–Crippen MR) is 79.6 cm³/mol. The third-order valence-electron chi connectivity index (χ3n) is 3.70. The van der Waals surface area contributed by atoms with Crippen LogP contribution in [0.3, 0.4) is 0 Å². The van der Waals surface area contributed by atoms with E-state index in [9.17, 15) is 0 Å².